The van der Waals surface area contributed by atoms with Gasteiger partial charge in [-0.15, -0.1) is 0 Å². The Morgan fingerprint density at radius 2 is 2.00 bits per heavy atom. The lowest BCUT2D eigenvalue weighted by atomic mass is 10.0. The summed E-state index contributed by atoms with van der Waals surface area (Å²) in [5.74, 6) is 0. The Labute approximate surface area is 100 Å². The second-order valence-corrected chi connectivity index (χ2v) is 4.44. The van der Waals surface area contributed by atoms with Gasteiger partial charge >= 0.3 is 6.18 Å². The van der Waals surface area contributed by atoms with Crippen molar-refractivity contribution in [2.75, 3.05) is 19.7 Å². The molecule has 0 aliphatic heterocycles. The van der Waals surface area contributed by atoms with Gasteiger partial charge in [0.05, 0.1) is 13.2 Å². The van der Waals surface area contributed by atoms with E-state index in [0.29, 0.717) is 0 Å². The zero-order chi connectivity index (χ0) is 12.7. The molecule has 0 radical (unpaired) electrons. The van der Waals surface area contributed by atoms with Crippen LogP contribution in [0.15, 0.2) is 12.2 Å². The Bertz CT molecular complexity index is 240. The summed E-state index contributed by atoms with van der Waals surface area (Å²) < 4.78 is 37.3. The lowest BCUT2D eigenvalue weighted by Gasteiger charge is -2.30. The third-order valence-electron chi connectivity index (χ3n) is 2.97. The molecule has 1 aliphatic carbocycles. The van der Waals surface area contributed by atoms with Crippen LogP contribution in [0, 0.1) is 0 Å². The van der Waals surface area contributed by atoms with Crippen molar-refractivity contribution in [2.24, 2.45) is 0 Å². The maximum atomic E-state index is 12.4. The lowest BCUT2D eigenvalue weighted by Crippen LogP contribution is -2.42. The van der Waals surface area contributed by atoms with Crippen LogP contribution in [0.2, 0.25) is 0 Å². The fourth-order valence-corrected chi connectivity index (χ4v) is 2.17. The molecule has 0 spiro atoms. The average molecular weight is 251 g/mol. The SMILES string of the molecule is OCCN(CC(F)(F)F)C1/C=C/CCCCC1. The number of rotatable bonds is 4. The molecule has 1 aliphatic rings. The molecular formula is C12H20F3NO. The second-order valence-electron chi connectivity index (χ2n) is 4.44. The summed E-state index contributed by atoms with van der Waals surface area (Å²) >= 11 is 0. The molecule has 0 aromatic carbocycles. The Morgan fingerprint density at radius 1 is 1.24 bits per heavy atom. The first-order valence-corrected chi connectivity index (χ1v) is 6.11. The Morgan fingerprint density at radius 3 is 2.65 bits per heavy atom. The Kier molecular flexibility index (Phi) is 5.98. The predicted molar refractivity (Wildman–Crippen MR) is 60.7 cm³/mol. The van der Waals surface area contributed by atoms with E-state index < -0.39 is 12.7 Å². The molecule has 0 fully saturated rings. The highest BCUT2D eigenvalue weighted by molar-refractivity contribution is 4.96. The smallest absolute Gasteiger partial charge is 0.395 e. The van der Waals surface area contributed by atoms with Crippen molar-refractivity contribution in [1.29, 1.82) is 0 Å². The number of alkyl halides is 3. The van der Waals surface area contributed by atoms with Crippen molar-refractivity contribution in [3.8, 4) is 0 Å². The van der Waals surface area contributed by atoms with E-state index in [-0.39, 0.29) is 19.2 Å². The van der Waals surface area contributed by atoms with Gasteiger partial charge in [0, 0.05) is 12.6 Å². The fourth-order valence-electron chi connectivity index (χ4n) is 2.17. The van der Waals surface area contributed by atoms with E-state index >= 15 is 0 Å². The van der Waals surface area contributed by atoms with Gasteiger partial charge in [-0.25, -0.2) is 0 Å². The normalized spacial score (nSPS) is 24.4. The average Bonchev–Trinajstić information content (AvgIpc) is 2.14. The third kappa shape index (κ3) is 6.07. The van der Waals surface area contributed by atoms with Crippen LogP contribution >= 0.6 is 0 Å². The van der Waals surface area contributed by atoms with Gasteiger partial charge in [0.2, 0.25) is 0 Å². The minimum Gasteiger partial charge on any atom is -0.395 e. The predicted octanol–water partition coefficient (Wildman–Crippen LogP) is 2.73. The molecule has 0 aromatic heterocycles. The molecule has 0 aromatic rings. The first-order valence-electron chi connectivity index (χ1n) is 6.11. The standard InChI is InChI=1S/C12H20F3NO/c13-12(14,15)10-16(8-9-17)11-6-4-2-1-3-5-7-11/h4,6,11,17H,1-3,5,7-10H2/b6-4+. The van der Waals surface area contributed by atoms with Gasteiger partial charge in [0.15, 0.2) is 0 Å². The summed E-state index contributed by atoms with van der Waals surface area (Å²) in [5.41, 5.74) is 0. The van der Waals surface area contributed by atoms with E-state index in [2.05, 4.69) is 0 Å². The number of halogens is 3. The van der Waals surface area contributed by atoms with E-state index in [1.165, 1.54) is 4.90 Å². The van der Waals surface area contributed by atoms with Gasteiger partial charge < -0.3 is 5.11 Å². The van der Waals surface area contributed by atoms with Crippen molar-refractivity contribution < 1.29 is 18.3 Å². The van der Waals surface area contributed by atoms with E-state index in [1.54, 1.807) is 0 Å². The monoisotopic (exact) mass is 251 g/mol. The van der Waals surface area contributed by atoms with Crippen LogP contribution < -0.4 is 0 Å². The maximum absolute atomic E-state index is 12.4. The van der Waals surface area contributed by atoms with E-state index in [1.807, 2.05) is 12.2 Å². The number of hydrogen-bond acceptors (Lipinski definition) is 2. The maximum Gasteiger partial charge on any atom is 0.401 e. The van der Waals surface area contributed by atoms with Crippen LogP contribution in [0.3, 0.4) is 0 Å². The summed E-state index contributed by atoms with van der Waals surface area (Å²) in [5, 5.41) is 8.86. The van der Waals surface area contributed by atoms with Crippen molar-refractivity contribution in [3.05, 3.63) is 12.2 Å². The first kappa shape index (κ1) is 14.5. The van der Waals surface area contributed by atoms with Crippen LogP contribution in [0.25, 0.3) is 0 Å². The Balaban J connectivity index is 2.62. The highest BCUT2D eigenvalue weighted by atomic mass is 19.4. The summed E-state index contributed by atoms with van der Waals surface area (Å²) in [7, 11) is 0. The van der Waals surface area contributed by atoms with Gasteiger partial charge in [-0.3, -0.25) is 4.90 Å². The zero-order valence-corrected chi connectivity index (χ0v) is 9.92. The molecule has 0 saturated heterocycles. The molecule has 17 heavy (non-hydrogen) atoms. The molecule has 0 saturated carbocycles. The summed E-state index contributed by atoms with van der Waals surface area (Å²) in [4.78, 5) is 1.32. The second kappa shape index (κ2) is 7.01. The molecule has 100 valence electrons. The highest BCUT2D eigenvalue weighted by Crippen LogP contribution is 2.22. The number of aliphatic hydroxyl groups is 1. The third-order valence-corrected chi connectivity index (χ3v) is 2.97. The van der Waals surface area contributed by atoms with Gasteiger partial charge in [-0.05, 0) is 19.3 Å². The molecule has 2 nitrogen and oxygen atoms in total. The van der Waals surface area contributed by atoms with Crippen LogP contribution in [0.4, 0.5) is 13.2 Å². The molecule has 1 unspecified atom stereocenters. The molecule has 1 N–H and O–H groups in total. The molecule has 0 amide bonds. The van der Waals surface area contributed by atoms with Crippen LogP contribution in [0.1, 0.15) is 32.1 Å². The highest BCUT2D eigenvalue weighted by Gasteiger charge is 2.32. The number of hydrogen-bond donors (Lipinski definition) is 1. The minimum atomic E-state index is -4.20. The van der Waals surface area contributed by atoms with E-state index in [4.69, 9.17) is 5.11 Å². The van der Waals surface area contributed by atoms with Crippen molar-refractivity contribution in [2.45, 2.75) is 44.3 Å². The molecule has 1 rings (SSSR count). The van der Waals surface area contributed by atoms with Crippen LogP contribution in [0.5, 0.6) is 0 Å². The van der Waals surface area contributed by atoms with Crippen LogP contribution in [-0.4, -0.2) is 41.9 Å². The van der Waals surface area contributed by atoms with Gasteiger partial charge in [-0.1, -0.05) is 25.0 Å². The van der Waals surface area contributed by atoms with Gasteiger partial charge in [0.1, 0.15) is 0 Å². The summed E-state index contributed by atoms with van der Waals surface area (Å²) in [6.07, 6.45) is 4.44. The summed E-state index contributed by atoms with van der Waals surface area (Å²) in [6.45, 7) is -1.10. The van der Waals surface area contributed by atoms with Crippen molar-refractivity contribution in [3.63, 3.8) is 0 Å². The van der Waals surface area contributed by atoms with Crippen molar-refractivity contribution in [1.82, 2.24) is 4.90 Å². The number of aliphatic hydroxyl groups excluding tert-OH is 1. The van der Waals surface area contributed by atoms with Crippen molar-refractivity contribution >= 4 is 0 Å². The molecule has 0 heterocycles. The lowest BCUT2D eigenvalue weighted by molar-refractivity contribution is -0.150. The minimum absolute atomic E-state index is 0.0779. The number of allylic oxidation sites excluding steroid dienone is 1. The Hall–Kier alpha value is -0.550. The zero-order valence-electron chi connectivity index (χ0n) is 9.92. The quantitative estimate of drug-likeness (QED) is 0.777. The van der Waals surface area contributed by atoms with Crippen LogP contribution in [-0.2, 0) is 0 Å². The first-order chi connectivity index (χ1) is 8.03. The molecular weight excluding hydrogens is 231 g/mol. The van der Waals surface area contributed by atoms with E-state index in [0.717, 1.165) is 32.1 Å². The molecule has 5 heteroatoms. The molecule has 0 bridgehead atoms. The number of nitrogens with zero attached hydrogens (tertiary/aromatic N) is 1. The van der Waals surface area contributed by atoms with Gasteiger partial charge in [-0.2, -0.15) is 13.2 Å². The summed E-state index contributed by atoms with van der Waals surface area (Å²) in [6, 6.07) is -0.191. The largest absolute Gasteiger partial charge is 0.401 e. The van der Waals surface area contributed by atoms with E-state index in [9.17, 15) is 13.2 Å². The topological polar surface area (TPSA) is 23.5 Å². The van der Waals surface area contributed by atoms with Gasteiger partial charge in [0.25, 0.3) is 0 Å². The molecule has 1 atom stereocenters. The fraction of sp³-hybridized carbons (Fsp3) is 0.833.